The molecular formula is C17H23BrO2. The van der Waals surface area contributed by atoms with Crippen LogP contribution in [0, 0.1) is 16.7 Å². The molecule has 1 aromatic rings. The lowest BCUT2D eigenvalue weighted by Gasteiger charge is -2.15. The molecular weight excluding hydrogens is 316 g/mol. The summed E-state index contributed by atoms with van der Waals surface area (Å²) in [4.78, 5) is 0.365. The van der Waals surface area contributed by atoms with Crippen molar-refractivity contribution in [1.29, 1.82) is 0 Å². The highest BCUT2D eigenvalue weighted by Crippen LogP contribution is 2.74. The number of benzene rings is 1. The van der Waals surface area contributed by atoms with Crippen LogP contribution in [0.3, 0.4) is 0 Å². The molecule has 20 heavy (non-hydrogen) atoms. The first kappa shape index (κ1) is 14.2. The minimum Gasteiger partial charge on any atom is -0.490 e. The molecule has 0 N–H and O–H groups in total. The van der Waals surface area contributed by atoms with Gasteiger partial charge in [0.15, 0.2) is 11.5 Å². The van der Waals surface area contributed by atoms with Gasteiger partial charge in [-0.1, -0.05) is 49.7 Å². The zero-order valence-corrected chi connectivity index (χ0v) is 14.3. The van der Waals surface area contributed by atoms with E-state index in [9.17, 15) is 0 Å². The Morgan fingerprint density at radius 2 is 1.65 bits per heavy atom. The van der Waals surface area contributed by atoms with Crippen LogP contribution in [0.1, 0.15) is 44.5 Å². The highest BCUT2D eigenvalue weighted by atomic mass is 79.9. The quantitative estimate of drug-likeness (QED) is 0.709. The van der Waals surface area contributed by atoms with Crippen molar-refractivity contribution < 1.29 is 9.47 Å². The van der Waals surface area contributed by atoms with Crippen molar-refractivity contribution in [3.05, 3.63) is 23.8 Å². The number of alkyl halides is 1. The smallest absolute Gasteiger partial charge is 0.161 e. The molecule has 3 heteroatoms. The van der Waals surface area contributed by atoms with Crippen LogP contribution in [0.2, 0.25) is 0 Å². The minimum absolute atomic E-state index is 0.365. The van der Waals surface area contributed by atoms with Gasteiger partial charge in [-0.2, -0.15) is 0 Å². The molecule has 3 rings (SSSR count). The number of hydrogen-bond acceptors (Lipinski definition) is 2. The Morgan fingerprint density at radius 3 is 2.25 bits per heavy atom. The molecule has 1 fully saturated rings. The van der Waals surface area contributed by atoms with Crippen LogP contribution in [-0.2, 0) is 0 Å². The predicted octanol–water partition coefficient (Wildman–Crippen LogP) is 4.97. The Labute approximate surface area is 130 Å². The topological polar surface area (TPSA) is 18.5 Å². The van der Waals surface area contributed by atoms with E-state index in [-0.39, 0.29) is 0 Å². The summed E-state index contributed by atoms with van der Waals surface area (Å²) in [6, 6.07) is 6.36. The number of fused-ring (bicyclic) bond motifs is 1. The molecule has 1 aromatic carbocycles. The van der Waals surface area contributed by atoms with E-state index in [2.05, 4.69) is 55.8 Å². The maximum Gasteiger partial charge on any atom is 0.161 e. The fourth-order valence-electron chi connectivity index (χ4n) is 3.52. The van der Waals surface area contributed by atoms with Crippen molar-refractivity contribution in [1.82, 2.24) is 0 Å². The first-order chi connectivity index (χ1) is 9.35. The molecule has 0 saturated heterocycles. The molecule has 2 nitrogen and oxygen atoms in total. The van der Waals surface area contributed by atoms with E-state index in [4.69, 9.17) is 9.47 Å². The SMILES string of the molecule is CC1(C)C(C(Br)c2ccc3c(c2)OCCCO3)C1(C)C. The van der Waals surface area contributed by atoms with Gasteiger partial charge in [-0.25, -0.2) is 0 Å². The van der Waals surface area contributed by atoms with E-state index in [1.165, 1.54) is 5.56 Å². The van der Waals surface area contributed by atoms with Crippen LogP contribution in [-0.4, -0.2) is 13.2 Å². The third-order valence-electron chi connectivity index (χ3n) is 5.52. The van der Waals surface area contributed by atoms with Crippen molar-refractivity contribution >= 4 is 15.9 Å². The normalized spacial score (nSPS) is 24.9. The van der Waals surface area contributed by atoms with Crippen LogP contribution in [0.4, 0.5) is 0 Å². The molecule has 2 aliphatic rings. The summed E-state index contributed by atoms with van der Waals surface area (Å²) in [5.74, 6) is 2.40. The Bertz CT molecular complexity index is 508. The van der Waals surface area contributed by atoms with E-state index in [1.807, 2.05) is 6.07 Å². The summed E-state index contributed by atoms with van der Waals surface area (Å²) in [7, 11) is 0. The molecule has 1 aliphatic heterocycles. The van der Waals surface area contributed by atoms with Crippen molar-refractivity contribution in [3.8, 4) is 11.5 Å². The highest BCUT2D eigenvalue weighted by molar-refractivity contribution is 9.09. The average Bonchev–Trinajstić information content (AvgIpc) is 2.91. The Hall–Kier alpha value is -0.700. The average molecular weight is 339 g/mol. The Morgan fingerprint density at radius 1 is 1.05 bits per heavy atom. The molecule has 110 valence electrons. The largest absolute Gasteiger partial charge is 0.490 e. The van der Waals surface area contributed by atoms with Gasteiger partial charge in [0.1, 0.15) is 0 Å². The van der Waals surface area contributed by atoms with Crippen LogP contribution in [0.15, 0.2) is 18.2 Å². The number of rotatable bonds is 2. The molecule has 0 aromatic heterocycles. The van der Waals surface area contributed by atoms with Gasteiger partial charge in [0.2, 0.25) is 0 Å². The van der Waals surface area contributed by atoms with E-state index < -0.39 is 0 Å². The van der Waals surface area contributed by atoms with E-state index in [1.54, 1.807) is 0 Å². The van der Waals surface area contributed by atoms with Crippen LogP contribution < -0.4 is 9.47 Å². The second kappa shape index (κ2) is 4.66. The first-order valence-corrected chi connectivity index (χ1v) is 8.31. The third kappa shape index (κ3) is 2.05. The predicted molar refractivity (Wildman–Crippen MR) is 84.8 cm³/mol. The monoisotopic (exact) mass is 338 g/mol. The van der Waals surface area contributed by atoms with Crippen molar-refractivity contribution in [2.24, 2.45) is 16.7 Å². The molecule has 1 saturated carbocycles. The maximum absolute atomic E-state index is 5.80. The summed E-state index contributed by atoms with van der Waals surface area (Å²) in [5.41, 5.74) is 2.02. The lowest BCUT2D eigenvalue weighted by atomic mass is 10.0. The minimum atomic E-state index is 0.365. The fourth-order valence-corrected chi connectivity index (χ4v) is 5.13. The number of hydrogen-bond donors (Lipinski definition) is 0. The number of ether oxygens (including phenoxy) is 2. The van der Waals surface area contributed by atoms with Gasteiger partial charge < -0.3 is 9.47 Å². The van der Waals surface area contributed by atoms with Gasteiger partial charge in [-0.15, -0.1) is 0 Å². The standard InChI is InChI=1S/C17H23BrO2/c1-16(2)15(17(16,3)4)14(18)11-6-7-12-13(10-11)20-9-5-8-19-12/h6-7,10,14-15H,5,8-9H2,1-4H3. The van der Waals surface area contributed by atoms with Gasteiger partial charge >= 0.3 is 0 Å². The van der Waals surface area contributed by atoms with Crippen LogP contribution in [0.5, 0.6) is 11.5 Å². The van der Waals surface area contributed by atoms with Crippen molar-refractivity contribution in [2.75, 3.05) is 13.2 Å². The van der Waals surface area contributed by atoms with E-state index >= 15 is 0 Å². The van der Waals surface area contributed by atoms with Gasteiger partial charge in [-0.05, 0) is 34.4 Å². The van der Waals surface area contributed by atoms with E-state index in [0.717, 1.165) is 31.1 Å². The summed E-state index contributed by atoms with van der Waals surface area (Å²) in [5, 5.41) is 0. The molecule has 1 heterocycles. The second-order valence-corrected chi connectivity index (χ2v) is 8.07. The molecule has 0 radical (unpaired) electrons. The molecule has 1 atom stereocenters. The van der Waals surface area contributed by atoms with Crippen LogP contribution >= 0.6 is 15.9 Å². The highest BCUT2D eigenvalue weighted by Gasteiger charge is 2.66. The Kier molecular flexibility index (Phi) is 3.32. The molecule has 0 bridgehead atoms. The van der Waals surface area contributed by atoms with Gasteiger partial charge in [-0.3, -0.25) is 0 Å². The Balaban J connectivity index is 1.87. The van der Waals surface area contributed by atoms with E-state index in [0.29, 0.717) is 21.6 Å². The van der Waals surface area contributed by atoms with Gasteiger partial charge in [0, 0.05) is 11.2 Å². The zero-order valence-electron chi connectivity index (χ0n) is 12.7. The second-order valence-electron chi connectivity index (χ2n) is 7.08. The first-order valence-electron chi connectivity index (χ1n) is 7.39. The zero-order chi connectivity index (χ0) is 14.5. The molecule has 1 unspecified atom stereocenters. The summed E-state index contributed by atoms with van der Waals surface area (Å²) >= 11 is 3.92. The lowest BCUT2D eigenvalue weighted by Crippen LogP contribution is -2.00. The third-order valence-corrected chi connectivity index (χ3v) is 6.57. The lowest BCUT2D eigenvalue weighted by molar-refractivity contribution is 0.297. The van der Waals surface area contributed by atoms with Crippen molar-refractivity contribution in [2.45, 2.75) is 38.9 Å². The molecule has 0 amide bonds. The van der Waals surface area contributed by atoms with Crippen LogP contribution in [0.25, 0.3) is 0 Å². The summed E-state index contributed by atoms with van der Waals surface area (Å²) in [6.07, 6.45) is 0.949. The summed E-state index contributed by atoms with van der Waals surface area (Å²) in [6.45, 7) is 10.9. The van der Waals surface area contributed by atoms with Crippen molar-refractivity contribution in [3.63, 3.8) is 0 Å². The summed E-state index contributed by atoms with van der Waals surface area (Å²) < 4.78 is 11.5. The maximum atomic E-state index is 5.80. The fraction of sp³-hybridized carbons (Fsp3) is 0.647. The van der Waals surface area contributed by atoms with Gasteiger partial charge in [0.05, 0.1) is 13.2 Å². The molecule has 1 aliphatic carbocycles. The number of halogens is 1. The molecule has 0 spiro atoms. The van der Waals surface area contributed by atoms with Gasteiger partial charge in [0.25, 0.3) is 0 Å².